The first-order chi connectivity index (χ1) is 10.6. The Labute approximate surface area is 138 Å². The van der Waals surface area contributed by atoms with E-state index in [-0.39, 0.29) is 5.11 Å². The number of nitrogens with two attached hydrogens (primary N) is 1. The Morgan fingerprint density at radius 3 is 2.86 bits per heavy atom. The molecule has 0 radical (unpaired) electrons. The van der Waals surface area contributed by atoms with Crippen molar-refractivity contribution < 1.29 is 0 Å². The molecule has 0 bridgehead atoms. The summed E-state index contributed by atoms with van der Waals surface area (Å²) < 4.78 is 1.70. The standard InChI is InChI=1S/C14H13ClN6S/c15-12-4-2-10(3-5-12)13-11(8-18-19-14(17)22)9-21(20-13)7-1-6-16/h2-5,8-9H,1,7H2,(H3,17,19,22). The molecule has 112 valence electrons. The maximum absolute atomic E-state index is 8.68. The summed E-state index contributed by atoms with van der Waals surface area (Å²) in [6.45, 7) is 0.508. The van der Waals surface area contributed by atoms with Gasteiger partial charge >= 0.3 is 0 Å². The van der Waals surface area contributed by atoms with E-state index in [1.165, 1.54) is 0 Å². The molecule has 0 saturated heterocycles. The van der Waals surface area contributed by atoms with Crippen molar-refractivity contribution in [1.29, 1.82) is 5.26 Å². The summed E-state index contributed by atoms with van der Waals surface area (Å²) in [5.74, 6) is 0. The zero-order valence-corrected chi connectivity index (χ0v) is 13.1. The Morgan fingerprint density at radius 2 is 2.23 bits per heavy atom. The first-order valence-electron chi connectivity index (χ1n) is 6.39. The van der Waals surface area contributed by atoms with Crippen molar-refractivity contribution in [2.24, 2.45) is 10.8 Å². The molecule has 1 aromatic heterocycles. The Balaban J connectivity index is 2.34. The van der Waals surface area contributed by atoms with Crippen LogP contribution >= 0.6 is 23.8 Å². The van der Waals surface area contributed by atoms with Gasteiger partial charge < -0.3 is 5.73 Å². The van der Waals surface area contributed by atoms with Gasteiger partial charge in [-0.25, -0.2) is 0 Å². The number of halogens is 1. The molecule has 3 N–H and O–H groups in total. The summed E-state index contributed by atoms with van der Waals surface area (Å²) in [6, 6.07) is 9.42. The van der Waals surface area contributed by atoms with Crippen LogP contribution in [0.15, 0.2) is 35.6 Å². The number of hydrogen-bond donors (Lipinski definition) is 2. The van der Waals surface area contributed by atoms with E-state index in [0.717, 1.165) is 16.8 Å². The van der Waals surface area contributed by atoms with Gasteiger partial charge in [0.2, 0.25) is 0 Å². The van der Waals surface area contributed by atoms with Gasteiger partial charge in [0.15, 0.2) is 5.11 Å². The smallest absolute Gasteiger partial charge is 0.184 e. The third-order valence-corrected chi connectivity index (χ3v) is 3.08. The highest BCUT2D eigenvalue weighted by Gasteiger charge is 2.10. The third kappa shape index (κ3) is 4.28. The van der Waals surface area contributed by atoms with Gasteiger partial charge in [-0.1, -0.05) is 23.7 Å². The highest BCUT2D eigenvalue weighted by atomic mass is 35.5. The van der Waals surface area contributed by atoms with Gasteiger partial charge in [0.1, 0.15) is 5.69 Å². The normalized spacial score (nSPS) is 10.5. The van der Waals surface area contributed by atoms with Gasteiger partial charge in [0.25, 0.3) is 0 Å². The first kappa shape index (κ1) is 15.9. The van der Waals surface area contributed by atoms with Crippen molar-refractivity contribution in [3.8, 4) is 17.3 Å². The van der Waals surface area contributed by atoms with E-state index in [1.54, 1.807) is 23.0 Å². The summed E-state index contributed by atoms with van der Waals surface area (Å²) in [4.78, 5) is 0. The molecule has 22 heavy (non-hydrogen) atoms. The van der Waals surface area contributed by atoms with Gasteiger partial charge in [0.05, 0.1) is 25.2 Å². The zero-order chi connectivity index (χ0) is 15.9. The predicted octanol–water partition coefficient (Wildman–Crippen LogP) is 2.28. The Morgan fingerprint density at radius 1 is 1.50 bits per heavy atom. The minimum atomic E-state index is 0.0844. The molecule has 0 unspecified atom stereocenters. The van der Waals surface area contributed by atoms with E-state index in [9.17, 15) is 0 Å². The molecule has 1 heterocycles. The van der Waals surface area contributed by atoms with E-state index in [0.29, 0.717) is 18.0 Å². The number of benzene rings is 1. The average Bonchev–Trinajstić information content (AvgIpc) is 2.89. The second-order valence-electron chi connectivity index (χ2n) is 4.35. The largest absolute Gasteiger partial charge is 0.375 e. The zero-order valence-electron chi connectivity index (χ0n) is 11.5. The van der Waals surface area contributed by atoms with E-state index >= 15 is 0 Å². The maximum atomic E-state index is 8.68. The SMILES string of the molecule is N#CCCn1cc(C=NNC(N)=S)c(-c2ccc(Cl)cc2)n1. The molecule has 8 heteroatoms. The monoisotopic (exact) mass is 332 g/mol. The summed E-state index contributed by atoms with van der Waals surface area (Å²) >= 11 is 10.6. The van der Waals surface area contributed by atoms with Crippen LogP contribution < -0.4 is 11.2 Å². The van der Waals surface area contributed by atoms with Crippen molar-refractivity contribution in [3.05, 3.63) is 41.0 Å². The van der Waals surface area contributed by atoms with Crippen molar-refractivity contribution in [2.45, 2.75) is 13.0 Å². The van der Waals surface area contributed by atoms with Gasteiger partial charge in [-0.3, -0.25) is 10.1 Å². The highest BCUT2D eigenvalue weighted by molar-refractivity contribution is 7.80. The molecule has 0 saturated carbocycles. The van der Waals surface area contributed by atoms with Gasteiger partial charge in [-0.15, -0.1) is 0 Å². The minimum absolute atomic E-state index is 0.0844. The summed E-state index contributed by atoms with van der Waals surface area (Å²) in [7, 11) is 0. The van der Waals surface area contributed by atoms with Crippen LogP contribution in [0.3, 0.4) is 0 Å². The van der Waals surface area contributed by atoms with Gasteiger partial charge in [-0.2, -0.15) is 15.5 Å². The Bertz CT molecular complexity index is 729. The molecular weight excluding hydrogens is 320 g/mol. The van der Waals surface area contributed by atoms with E-state index in [4.69, 9.17) is 34.8 Å². The van der Waals surface area contributed by atoms with Crippen molar-refractivity contribution in [3.63, 3.8) is 0 Å². The fourth-order valence-corrected chi connectivity index (χ4v) is 1.99. The van der Waals surface area contributed by atoms with Gasteiger partial charge in [0, 0.05) is 22.3 Å². The van der Waals surface area contributed by atoms with Crippen molar-refractivity contribution in [2.75, 3.05) is 0 Å². The van der Waals surface area contributed by atoms with Crippen LogP contribution in [-0.4, -0.2) is 21.1 Å². The second-order valence-corrected chi connectivity index (χ2v) is 5.22. The number of aryl methyl sites for hydroxylation is 1. The van der Waals surface area contributed by atoms with Gasteiger partial charge in [-0.05, 0) is 24.4 Å². The fraction of sp³-hybridized carbons (Fsp3) is 0.143. The molecule has 1 aromatic carbocycles. The molecule has 0 fully saturated rings. The lowest BCUT2D eigenvalue weighted by Gasteiger charge is -1.99. The number of nitrogens with zero attached hydrogens (tertiary/aromatic N) is 4. The molecular formula is C14H13ClN6S. The first-order valence-corrected chi connectivity index (χ1v) is 7.17. The number of hydrogen-bond acceptors (Lipinski definition) is 4. The Hall–Kier alpha value is -2.43. The highest BCUT2D eigenvalue weighted by Crippen LogP contribution is 2.23. The summed E-state index contributed by atoms with van der Waals surface area (Å²) in [5, 5.41) is 17.9. The van der Waals surface area contributed by atoms with E-state index in [1.807, 2.05) is 18.3 Å². The number of aromatic nitrogens is 2. The van der Waals surface area contributed by atoms with Crippen LogP contribution in [0.1, 0.15) is 12.0 Å². The molecule has 0 spiro atoms. The lowest BCUT2D eigenvalue weighted by Crippen LogP contribution is -2.24. The molecule has 2 aromatic rings. The van der Waals surface area contributed by atoms with Crippen molar-refractivity contribution >= 4 is 35.1 Å². The van der Waals surface area contributed by atoms with Crippen LogP contribution in [0, 0.1) is 11.3 Å². The number of nitriles is 1. The second kappa shape index (κ2) is 7.54. The quantitative estimate of drug-likeness (QED) is 0.498. The summed E-state index contributed by atoms with van der Waals surface area (Å²) in [6.07, 6.45) is 3.77. The molecule has 0 aliphatic rings. The number of thiocarbonyl (C=S) groups is 1. The van der Waals surface area contributed by atoms with Crippen LogP contribution in [0.2, 0.25) is 5.02 Å². The predicted molar refractivity (Wildman–Crippen MR) is 90.4 cm³/mol. The molecule has 2 rings (SSSR count). The topological polar surface area (TPSA) is 92.0 Å². The molecule has 0 aliphatic heterocycles. The van der Waals surface area contributed by atoms with Crippen LogP contribution in [0.25, 0.3) is 11.3 Å². The number of hydrazone groups is 1. The lowest BCUT2D eigenvalue weighted by atomic mass is 10.1. The summed E-state index contributed by atoms with van der Waals surface area (Å²) in [5.41, 5.74) is 10.3. The fourth-order valence-electron chi connectivity index (χ4n) is 1.81. The van der Waals surface area contributed by atoms with Crippen LogP contribution in [0.4, 0.5) is 0 Å². The average molecular weight is 333 g/mol. The lowest BCUT2D eigenvalue weighted by molar-refractivity contribution is 0.629. The van der Waals surface area contributed by atoms with E-state index < -0.39 is 0 Å². The molecule has 0 aliphatic carbocycles. The third-order valence-electron chi connectivity index (χ3n) is 2.74. The maximum Gasteiger partial charge on any atom is 0.184 e. The Kier molecular flexibility index (Phi) is 5.47. The number of nitrogens with one attached hydrogen (secondary N) is 1. The van der Waals surface area contributed by atoms with Crippen LogP contribution in [-0.2, 0) is 6.54 Å². The van der Waals surface area contributed by atoms with Crippen LogP contribution in [0.5, 0.6) is 0 Å². The molecule has 0 atom stereocenters. The van der Waals surface area contributed by atoms with E-state index in [2.05, 4.69) is 21.7 Å². The number of rotatable bonds is 5. The molecule has 6 nitrogen and oxygen atoms in total. The molecule has 0 amide bonds. The minimum Gasteiger partial charge on any atom is -0.375 e. The van der Waals surface area contributed by atoms with Crippen molar-refractivity contribution in [1.82, 2.24) is 15.2 Å².